The monoisotopic (exact) mass is 265 g/mol. The van der Waals surface area contributed by atoms with Gasteiger partial charge in [0.25, 0.3) is 0 Å². The highest BCUT2D eigenvalue weighted by Gasteiger charge is 2.33. The van der Waals surface area contributed by atoms with Crippen molar-refractivity contribution in [1.82, 2.24) is 14.9 Å². The second-order valence-electron chi connectivity index (χ2n) is 5.51. The van der Waals surface area contributed by atoms with Gasteiger partial charge in [-0.3, -0.25) is 4.79 Å². The Kier molecular flexibility index (Phi) is 4.24. The second kappa shape index (κ2) is 5.74. The highest BCUT2D eigenvalue weighted by Crippen LogP contribution is 2.31. The summed E-state index contributed by atoms with van der Waals surface area (Å²) in [6, 6.07) is 0.181. The molecule has 1 aromatic rings. The average molecular weight is 265 g/mol. The Hall–Kier alpha value is -1.36. The minimum Gasteiger partial charge on any atom is -0.393 e. The van der Waals surface area contributed by atoms with Crippen LogP contribution in [-0.4, -0.2) is 32.7 Å². The van der Waals surface area contributed by atoms with E-state index in [0.717, 1.165) is 30.7 Å². The fourth-order valence-corrected chi connectivity index (χ4v) is 2.62. The quantitative estimate of drug-likeness (QED) is 0.839. The number of aliphatic hydroxyl groups is 1. The summed E-state index contributed by atoms with van der Waals surface area (Å²) in [5, 5.41) is 12.4. The van der Waals surface area contributed by atoms with Crippen molar-refractivity contribution in [3.8, 4) is 0 Å². The van der Waals surface area contributed by atoms with E-state index in [1.54, 1.807) is 6.33 Å². The molecule has 1 aliphatic carbocycles. The first-order valence-corrected chi connectivity index (χ1v) is 6.97. The lowest BCUT2D eigenvalue weighted by molar-refractivity contribution is -0.123. The largest absolute Gasteiger partial charge is 0.393 e. The van der Waals surface area contributed by atoms with Crippen LogP contribution in [0, 0.1) is 19.8 Å². The molecule has 106 valence electrons. The number of aliphatic hydroxyl groups excluding tert-OH is 1. The Balaban J connectivity index is 1.88. The van der Waals surface area contributed by atoms with Crippen molar-refractivity contribution in [2.24, 2.45) is 5.92 Å². The van der Waals surface area contributed by atoms with Gasteiger partial charge in [0, 0.05) is 11.7 Å². The van der Waals surface area contributed by atoms with Gasteiger partial charge in [0.2, 0.25) is 5.91 Å². The number of hydrogen-bond acceptors (Lipinski definition) is 3. The van der Waals surface area contributed by atoms with Crippen LogP contribution in [0.4, 0.5) is 0 Å². The van der Waals surface area contributed by atoms with Gasteiger partial charge >= 0.3 is 0 Å². The minimum atomic E-state index is -0.172. The van der Waals surface area contributed by atoms with Crippen LogP contribution in [0.3, 0.4) is 0 Å². The van der Waals surface area contributed by atoms with Gasteiger partial charge in [0.05, 0.1) is 18.1 Å². The van der Waals surface area contributed by atoms with E-state index in [0.29, 0.717) is 12.5 Å². The number of aryl methyl sites for hydroxylation is 1. The third-order valence-corrected chi connectivity index (χ3v) is 4.16. The molecule has 1 atom stereocenters. The molecule has 2 rings (SSSR count). The molecule has 0 spiro atoms. The molecule has 19 heavy (non-hydrogen) atoms. The van der Waals surface area contributed by atoms with Crippen LogP contribution >= 0.6 is 0 Å². The Labute approximate surface area is 114 Å². The fraction of sp³-hybridized carbons (Fsp3) is 0.714. The van der Waals surface area contributed by atoms with Crippen molar-refractivity contribution in [3.63, 3.8) is 0 Å². The van der Waals surface area contributed by atoms with E-state index < -0.39 is 0 Å². The molecule has 1 aliphatic rings. The first-order valence-electron chi connectivity index (χ1n) is 6.97. The Morgan fingerprint density at radius 3 is 2.74 bits per heavy atom. The van der Waals surface area contributed by atoms with Gasteiger partial charge < -0.3 is 15.0 Å². The van der Waals surface area contributed by atoms with Crippen LogP contribution < -0.4 is 5.32 Å². The molecule has 1 saturated carbocycles. The number of carbonyl (C=O) groups is 1. The first kappa shape index (κ1) is 14.1. The highest BCUT2D eigenvalue weighted by molar-refractivity contribution is 5.76. The molecular formula is C14H23N3O2. The van der Waals surface area contributed by atoms with Crippen molar-refractivity contribution in [2.75, 3.05) is 0 Å². The van der Waals surface area contributed by atoms with Crippen LogP contribution in [0.5, 0.6) is 0 Å². The van der Waals surface area contributed by atoms with E-state index in [2.05, 4.69) is 17.2 Å². The molecule has 2 N–H and O–H groups in total. The zero-order valence-electron chi connectivity index (χ0n) is 11.9. The van der Waals surface area contributed by atoms with Crippen molar-refractivity contribution in [2.45, 2.75) is 58.7 Å². The van der Waals surface area contributed by atoms with Crippen molar-refractivity contribution in [1.29, 1.82) is 0 Å². The van der Waals surface area contributed by atoms with Gasteiger partial charge in [-0.2, -0.15) is 0 Å². The van der Waals surface area contributed by atoms with Gasteiger partial charge in [0.15, 0.2) is 0 Å². The highest BCUT2D eigenvalue weighted by atomic mass is 16.3. The molecule has 0 bridgehead atoms. The Morgan fingerprint density at radius 1 is 1.58 bits per heavy atom. The topological polar surface area (TPSA) is 67.2 Å². The summed E-state index contributed by atoms with van der Waals surface area (Å²) >= 11 is 0. The van der Waals surface area contributed by atoms with Crippen molar-refractivity contribution < 1.29 is 9.90 Å². The summed E-state index contributed by atoms with van der Waals surface area (Å²) in [4.78, 5) is 16.2. The van der Waals surface area contributed by atoms with E-state index >= 15 is 0 Å². The van der Waals surface area contributed by atoms with Crippen LogP contribution in [0.2, 0.25) is 0 Å². The second-order valence-corrected chi connectivity index (χ2v) is 5.51. The molecule has 0 aliphatic heterocycles. The minimum absolute atomic E-state index is 0.0220. The molecule has 1 aromatic heterocycles. The standard InChI is InChI=1S/C14H23N3O2/c1-4-13(11-5-12(18)6-11)16-14(19)7-17-8-15-9(2)10(17)3/h8,11-13,18H,4-7H2,1-3H3,(H,16,19)/t11?,12?,13-/m0/s1. The molecule has 1 amide bonds. The van der Waals surface area contributed by atoms with Gasteiger partial charge in [0.1, 0.15) is 6.54 Å². The summed E-state index contributed by atoms with van der Waals surface area (Å²) in [7, 11) is 0. The number of nitrogens with one attached hydrogen (secondary N) is 1. The maximum absolute atomic E-state index is 12.0. The van der Waals surface area contributed by atoms with Crippen LogP contribution in [0.15, 0.2) is 6.33 Å². The molecule has 5 heteroatoms. The molecule has 0 aromatic carbocycles. The third kappa shape index (κ3) is 3.15. The van der Waals surface area contributed by atoms with E-state index in [4.69, 9.17) is 0 Å². The van der Waals surface area contributed by atoms with Gasteiger partial charge in [-0.15, -0.1) is 0 Å². The van der Waals surface area contributed by atoms with E-state index in [1.165, 1.54) is 0 Å². The summed E-state index contributed by atoms with van der Waals surface area (Å²) in [5.74, 6) is 0.448. The number of rotatable bonds is 5. The van der Waals surface area contributed by atoms with Crippen molar-refractivity contribution in [3.05, 3.63) is 17.7 Å². The smallest absolute Gasteiger partial charge is 0.240 e. The van der Waals surface area contributed by atoms with Crippen LogP contribution in [0.25, 0.3) is 0 Å². The van der Waals surface area contributed by atoms with E-state index in [9.17, 15) is 9.90 Å². The predicted molar refractivity (Wildman–Crippen MR) is 72.7 cm³/mol. The maximum atomic E-state index is 12.0. The number of hydrogen-bond donors (Lipinski definition) is 2. The molecule has 0 unspecified atom stereocenters. The normalized spacial score (nSPS) is 23.8. The summed E-state index contributed by atoms with van der Waals surface area (Å²) < 4.78 is 1.87. The van der Waals surface area contributed by atoms with E-state index in [1.807, 2.05) is 18.4 Å². The third-order valence-electron chi connectivity index (χ3n) is 4.16. The van der Waals surface area contributed by atoms with Crippen LogP contribution in [-0.2, 0) is 11.3 Å². The number of carbonyl (C=O) groups excluding carboxylic acids is 1. The Bertz CT molecular complexity index is 450. The zero-order chi connectivity index (χ0) is 14.0. The molecule has 0 saturated heterocycles. The summed E-state index contributed by atoms with van der Waals surface area (Å²) in [6.07, 6.45) is 4.06. The lowest BCUT2D eigenvalue weighted by atomic mass is 9.76. The molecular weight excluding hydrogens is 242 g/mol. The SMILES string of the molecule is CC[C@H](NC(=O)Cn1cnc(C)c1C)C1CC(O)C1. The lowest BCUT2D eigenvalue weighted by Gasteiger charge is -2.37. The predicted octanol–water partition coefficient (Wildman–Crippen LogP) is 1.17. The van der Waals surface area contributed by atoms with Gasteiger partial charge in [-0.1, -0.05) is 6.92 Å². The van der Waals surface area contributed by atoms with Gasteiger partial charge in [-0.05, 0) is 39.0 Å². The van der Waals surface area contributed by atoms with Gasteiger partial charge in [-0.25, -0.2) is 4.98 Å². The lowest BCUT2D eigenvalue weighted by Crippen LogP contribution is -2.47. The van der Waals surface area contributed by atoms with E-state index in [-0.39, 0.29) is 18.1 Å². The molecule has 1 fully saturated rings. The van der Waals surface area contributed by atoms with Crippen LogP contribution in [0.1, 0.15) is 37.6 Å². The molecule has 1 heterocycles. The van der Waals surface area contributed by atoms with Crippen molar-refractivity contribution >= 4 is 5.91 Å². The molecule has 5 nitrogen and oxygen atoms in total. The number of nitrogens with zero attached hydrogens (tertiary/aromatic N) is 2. The summed E-state index contributed by atoms with van der Waals surface area (Å²) in [6.45, 7) is 6.30. The maximum Gasteiger partial charge on any atom is 0.240 e. The number of amides is 1. The average Bonchev–Trinajstić information content (AvgIpc) is 2.64. The number of aromatic nitrogens is 2. The molecule has 0 radical (unpaired) electrons. The zero-order valence-corrected chi connectivity index (χ0v) is 11.9. The first-order chi connectivity index (χ1) is 9.01. The Morgan fingerprint density at radius 2 is 2.26 bits per heavy atom. The fourth-order valence-electron chi connectivity index (χ4n) is 2.62. The summed E-state index contributed by atoms with van der Waals surface area (Å²) in [5.41, 5.74) is 1.99. The number of imidazole rings is 1.